The average molecular weight is 402 g/mol. The number of aliphatic hydroxyl groups excluding tert-OH is 1. The third-order valence-corrected chi connectivity index (χ3v) is 7.23. The molecule has 1 saturated carbocycles. The molecule has 28 heavy (non-hydrogen) atoms. The number of hydrogen-bond donors (Lipinski definition) is 1. The van der Waals surface area contributed by atoms with E-state index in [9.17, 15) is 18.3 Å². The van der Waals surface area contributed by atoms with E-state index in [1.807, 2.05) is 30.3 Å². The van der Waals surface area contributed by atoms with E-state index in [2.05, 4.69) is 0 Å². The van der Waals surface area contributed by atoms with E-state index in [-0.39, 0.29) is 29.7 Å². The molecule has 0 aromatic heterocycles. The van der Waals surface area contributed by atoms with Gasteiger partial charge in [-0.1, -0.05) is 55.3 Å². The van der Waals surface area contributed by atoms with Gasteiger partial charge in [0.2, 0.25) is 10.0 Å². The lowest BCUT2D eigenvalue weighted by Crippen LogP contribution is -2.40. The van der Waals surface area contributed by atoms with Gasteiger partial charge in [-0.25, -0.2) is 8.42 Å². The highest BCUT2D eigenvalue weighted by molar-refractivity contribution is 7.89. The first-order valence-electron chi connectivity index (χ1n) is 9.71. The van der Waals surface area contributed by atoms with Crippen LogP contribution < -0.4 is 0 Å². The minimum absolute atomic E-state index is 0.0660. The molecule has 150 valence electrons. The summed E-state index contributed by atoms with van der Waals surface area (Å²) in [6.07, 6.45) is 3.06. The quantitative estimate of drug-likeness (QED) is 0.719. The molecule has 1 aliphatic rings. The number of Topliss-reactive ketones (excluding diaryl/α,β-unsaturated/α-hetero) is 1. The topological polar surface area (TPSA) is 74.7 Å². The Bertz CT molecular complexity index is 894. The molecule has 0 aliphatic heterocycles. The van der Waals surface area contributed by atoms with Gasteiger partial charge in [0.05, 0.1) is 11.0 Å². The summed E-state index contributed by atoms with van der Waals surface area (Å²) in [7, 11) is -3.75. The Kier molecular flexibility index (Phi) is 6.65. The summed E-state index contributed by atoms with van der Waals surface area (Å²) in [5.41, 5.74) is 1.38. The number of carbonyl (C=O) groups excluding carboxylic acids is 1. The number of carbonyl (C=O) groups is 1. The molecule has 0 bridgehead atoms. The van der Waals surface area contributed by atoms with Gasteiger partial charge < -0.3 is 5.11 Å². The second kappa shape index (κ2) is 8.99. The maximum Gasteiger partial charge on any atom is 0.243 e. The molecule has 2 aromatic carbocycles. The van der Waals surface area contributed by atoms with E-state index in [1.165, 1.54) is 23.4 Å². The van der Waals surface area contributed by atoms with E-state index in [1.54, 1.807) is 12.1 Å². The number of rotatable bonds is 7. The monoisotopic (exact) mass is 401 g/mol. The second-order valence-electron chi connectivity index (χ2n) is 7.48. The van der Waals surface area contributed by atoms with Crippen molar-refractivity contribution in [1.29, 1.82) is 0 Å². The highest BCUT2D eigenvalue weighted by Gasteiger charge is 2.31. The Balaban J connectivity index is 1.90. The standard InChI is InChI=1S/C22H27NO4S/c1-17(24)19-11-13-21(14-12-19)28(26,27)23(15-18-7-3-2-4-8-18)16-20-9-5-6-10-22(20)25/h2-4,7-8,11-14,20,22,25H,5-6,9-10,15-16H2,1H3. The first kappa shape index (κ1) is 20.7. The Morgan fingerprint density at radius 1 is 1.04 bits per heavy atom. The highest BCUT2D eigenvalue weighted by atomic mass is 32.2. The fourth-order valence-corrected chi connectivity index (χ4v) is 5.19. The van der Waals surface area contributed by atoms with Gasteiger partial charge in [-0.15, -0.1) is 0 Å². The van der Waals surface area contributed by atoms with Crippen LogP contribution in [0.3, 0.4) is 0 Å². The highest BCUT2D eigenvalue weighted by Crippen LogP contribution is 2.28. The van der Waals surface area contributed by atoms with E-state index in [4.69, 9.17) is 0 Å². The summed E-state index contributed by atoms with van der Waals surface area (Å²) < 4.78 is 28.2. The van der Waals surface area contributed by atoms with Gasteiger partial charge in [0.25, 0.3) is 0 Å². The number of sulfonamides is 1. The molecule has 0 spiro atoms. The van der Waals surface area contributed by atoms with Gasteiger partial charge in [-0.05, 0) is 43.4 Å². The molecule has 2 unspecified atom stereocenters. The van der Waals surface area contributed by atoms with Gasteiger partial charge in [0.1, 0.15) is 0 Å². The van der Waals surface area contributed by atoms with Gasteiger partial charge in [0, 0.05) is 18.7 Å². The fourth-order valence-electron chi connectivity index (χ4n) is 3.71. The summed E-state index contributed by atoms with van der Waals surface area (Å²) in [5, 5.41) is 10.4. The van der Waals surface area contributed by atoms with E-state index < -0.39 is 16.1 Å². The van der Waals surface area contributed by atoms with E-state index >= 15 is 0 Å². The molecule has 2 aromatic rings. The molecule has 3 rings (SSSR count). The van der Waals surface area contributed by atoms with E-state index in [0.29, 0.717) is 5.56 Å². The van der Waals surface area contributed by atoms with Crippen LogP contribution in [0.4, 0.5) is 0 Å². The van der Waals surface area contributed by atoms with Crippen LogP contribution >= 0.6 is 0 Å². The molecular formula is C22H27NO4S. The molecule has 5 nitrogen and oxygen atoms in total. The predicted octanol–water partition coefficient (Wildman–Crippen LogP) is 3.63. The summed E-state index contributed by atoms with van der Waals surface area (Å²) in [5.74, 6) is -0.167. The average Bonchev–Trinajstić information content (AvgIpc) is 2.70. The summed E-state index contributed by atoms with van der Waals surface area (Å²) in [6.45, 7) is 1.99. The summed E-state index contributed by atoms with van der Waals surface area (Å²) >= 11 is 0. The first-order chi connectivity index (χ1) is 13.4. The van der Waals surface area contributed by atoms with Crippen LogP contribution in [-0.4, -0.2) is 36.3 Å². The van der Waals surface area contributed by atoms with Crippen molar-refractivity contribution in [2.24, 2.45) is 5.92 Å². The summed E-state index contributed by atoms with van der Waals surface area (Å²) in [6, 6.07) is 15.5. The molecule has 2 atom stereocenters. The molecule has 6 heteroatoms. The Morgan fingerprint density at radius 2 is 1.68 bits per heavy atom. The Labute approximate surface area is 167 Å². The second-order valence-corrected chi connectivity index (χ2v) is 9.41. The molecule has 1 fully saturated rings. The molecule has 0 heterocycles. The van der Waals surface area contributed by atoms with Crippen molar-refractivity contribution in [3.05, 3.63) is 65.7 Å². The van der Waals surface area contributed by atoms with Crippen molar-refractivity contribution >= 4 is 15.8 Å². The normalized spacial score (nSPS) is 20.2. The van der Waals surface area contributed by atoms with E-state index in [0.717, 1.165) is 31.2 Å². The molecule has 0 radical (unpaired) electrons. The van der Waals surface area contributed by atoms with Gasteiger partial charge in [-0.2, -0.15) is 4.31 Å². The minimum atomic E-state index is -3.75. The number of aliphatic hydroxyl groups is 1. The predicted molar refractivity (Wildman–Crippen MR) is 108 cm³/mol. The molecule has 1 N–H and O–H groups in total. The Hall–Kier alpha value is -2.02. The molecule has 1 aliphatic carbocycles. The zero-order chi connectivity index (χ0) is 20.1. The van der Waals surface area contributed by atoms with Crippen molar-refractivity contribution in [1.82, 2.24) is 4.31 Å². The maximum atomic E-state index is 13.4. The van der Waals surface area contributed by atoms with Crippen LogP contribution in [0, 0.1) is 5.92 Å². The van der Waals surface area contributed by atoms with Crippen LogP contribution in [0.1, 0.15) is 48.5 Å². The van der Waals surface area contributed by atoms with Gasteiger partial charge >= 0.3 is 0 Å². The Morgan fingerprint density at radius 3 is 2.29 bits per heavy atom. The van der Waals surface area contributed by atoms with Crippen LogP contribution in [0.2, 0.25) is 0 Å². The molecule has 0 saturated heterocycles. The van der Waals surface area contributed by atoms with Crippen molar-refractivity contribution in [2.75, 3.05) is 6.54 Å². The third-order valence-electron chi connectivity index (χ3n) is 5.41. The molecular weight excluding hydrogens is 374 g/mol. The fraction of sp³-hybridized carbons (Fsp3) is 0.409. The zero-order valence-corrected chi connectivity index (χ0v) is 16.9. The zero-order valence-electron chi connectivity index (χ0n) is 16.1. The number of ketones is 1. The number of benzene rings is 2. The lowest BCUT2D eigenvalue weighted by atomic mass is 9.86. The van der Waals surface area contributed by atoms with Crippen LogP contribution in [-0.2, 0) is 16.6 Å². The minimum Gasteiger partial charge on any atom is -0.393 e. The third kappa shape index (κ3) is 4.87. The lowest BCUT2D eigenvalue weighted by molar-refractivity contribution is 0.0588. The van der Waals surface area contributed by atoms with Crippen LogP contribution in [0.15, 0.2) is 59.5 Å². The van der Waals surface area contributed by atoms with Crippen molar-refractivity contribution in [3.8, 4) is 0 Å². The largest absolute Gasteiger partial charge is 0.393 e. The first-order valence-corrected chi connectivity index (χ1v) is 11.1. The van der Waals surface area contributed by atoms with Crippen LogP contribution in [0.5, 0.6) is 0 Å². The lowest BCUT2D eigenvalue weighted by Gasteiger charge is -2.32. The number of hydrogen-bond acceptors (Lipinski definition) is 4. The van der Waals surface area contributed by atoms with Crippen LogP contribution in [0.25, 0.3) is 0 Å². The van der Waals surface area contributed by atoms with Crippen molar-refractivity contribution in [3.63, 3.8) is 0 Å². The summed E-state index contributed by atoms with van der Waals surface area (Å²) in [4.78, 5) is 11.7. The van der Waals surface area contributed by atoms with Crippen molar-refractivity contribution < 1.29 is 18.3 Å². The SMILES string of the molecule is CC(=O)c1ccc(S(=O)(=O)N(Cc2ccccc2)CC2CCCCC2O)cc1. The maximum absolute atomic E-state index is 13.4. The molecule has 0 amide bonds. The number of nitrogens with zero attached hydrogens (tertiary/aromatic N) is 1. The smallest absolute Gasteiger partial charge is 0.243 e. The van der Waals surface area contributed by atoms with Gasteiger partial charge in [0.15, 0.2) is 5.78 Å². The van der Waals surface area contributed by atoms with Crippen molar-refractivity contribution in [2.45, 2.75) is 50.2 Å². The van der Waals surface area contributed by atoms with Gasteiger partial charge in [-0.3, -0.25) is 4.79 Å².